The van der Waals surface area contributed by atoms with Crippen molar-refractivity contribution in [1.29, 1.82) is 0 Å². The highest BCUT2D eigenvalue weighted by molar-refractivity contribution is 7.99. The Balaban J connectivity index is 1.37. The first kappa shape index (κ1) is 21.0. The zero-order valence-electron chi connectivity index (χ0n) is 18.4. The van der Waals surface area contributed by atoms with E-state index < -0.39 is 0 Å². The van der Waals surface area contributed by atoms with Gasteiger partial charge >= 0.3 is 0 Å². The quantitative estimate of drug-likeness (QED) is 0.342. The first-order valence-electron chi connectivity index (χ1n) is 10.7. The predicted octanol–water partition coefficient (Wildman–Crippen LogP) is 5.56. The number of hydrogen-bond acceptors (Lipinski definition) is 4. The summed E-state index contributed by atoms with van der Waals surface area (Å²) in [6.07, 6.45) is 0. The standard InChI is InChI=1S/C26H23N5OS/c1-18-25(19(2)31(29-18)21-13-7-4-8-14-21)28-24(32)17-33-26-27-22-15-9-10-16-23(22)30(26)20-11-5-3-6-12-20/h3-16H,17H2,1-2H3,(H,28,32). The summed E-state index contributed by atoms with van der Waals surface area (Å²) in [5, 5.41) is 8.45. The SMILES string of the molecule is Cc1nn(-c2ccccc2)c(C)c1NC(=O)CSc1nc2ccccc2n1-c1ccccc1. The third kappa shape index (κ3) is 4.15. The molecule has 0 fully saturated rings. The van der Waals surface area contributed by atoms with Crippen molar-refractivity contribution in [2.24, 2.45) is 0 Å². The second-order valence-electron chi connectivity index (χ2n) is 7.68. The lowest BCUT2D eigenvalue weighted by Gasteiger charge is -2.09. The van der Waals surface area contributed by atoms with Crippen molar-refractivity contribution in [3.8, 4) is 11.4 Å². The summed E-state index contributed by atoms with van der Waals surface area (Å²) >= 11 is 1.42. The van der Waals surface area contributed by atoms with Gasteiger partial charge in [-0.2, -0.15) is 5.10 Å². The van der Waals surface area contributed by atoms with E-state index in [1.807, 2.05) is 103 Å². The van der Waals surface area contributed by atoms with Crippen molar-refractivity contribution < 1.29 is 4.79 Å². The van der Waals surface area contributed by atoms with Crippen LogP contribution in [0, 0.1) is 13.8 Å². The summed E-state index contributed by atoms with van der Waals surface area (Å²) in [7, 11) is 0. The fourth-order valence-corrected chi connectivity index (χ4v) is 4.71. The molecule has 0 unspecified atom stereocenters. The van der Waals surface area contributed by atoms with Crippen LogP contribution < -0.4 is 5.32 Å². The highest BCUT2D eigenvalue weighted by Gasteiger charge is 2.17. The molecule has 0 spiro atoms. The van der Waals surface area contributed by atoms with Crippen LogP contribution in [0.25, 0.3) is 22.4 Å². The maximum atomic E-state index is 12.9. The van der Waals surface area contributed by atoms with Gasteiger partial charge in [-0.3, -0.25) is 9.36 Å². The van der Waals surface area contributed by atoms with Crippen LogP contribution in [-0.2, 0) is 4.79 Å². The van der Waals surface area contributed by atoms with Gasteiger partial charge in [0.15, 0.2) is 5.16 Å². The molecule has 0 radical (unpaired) electrons. The van der Waals surface area contributed by atoms with E-state index in [-0.39, 0.29) is 11.7 Å². The summed E-state index contributed by atoms with van der Waals surface area (Å²) < 4.78 is 3.95. The Hall–Kier alpha value is -3.84. The molecule has 0 aliphatic rings. The minimum Gasteiger partial charge on any atom is -0.322 e. The molecular weight excluding hydrogens is 430 g/mol. The molecular formula is C26H23N5OS. The van der Waals surface area contributed by atoms with E-state index in [1.165, 1.54) is 11.8 Å². The smallest absolute Gasteiger partial charge is 0.234 e. The van der Waals surface area contributed by atoms with Crippen LogP contribution in [0.5, 0.6) is 0 Å². The second kappa shape index (κ2) is 8.96. The van der Waals surface area contributed by atoms with Crippen LogP contribution in [0.3, 0.4) is 0 Å². The Labute approximate surface area is 196 Å². The number of imidazole rings is 1. The summed E-state index contributed by atoms with van der Waals surface area (Å²) in [6, 6.07) is 28.0. The number of benzene rings is 3. The van der Waals surface area contributed by atoms with Crippen LogP contribution in [0.4, 0.5) is 5.69 Å². The lowest BCUT2D eigenvalue weighted by molar-refractivity contribution is -0.113. The average molecular weight is 454 g/mol. The monoisotopic (exact) mass is 453 g/mol. The average Bonchev–Trinajstić information content (AvgIpc) is 3.36. The molecule has 5 rings (SSSR count). The molecule has 0 aliphatic heterocycles. The van der Waals surface area contributed by atoms with Crippen LogP contribution in [0.2, 0.25) is 0 Å². The van der Waals surface area contributed by atoms with Crippen LogP contribution in [0.1, 0.15) is 11.4 Å². The third-order valence-electron chi connectivity index (χ3n) is 5.43. The summed E-state index contributed by atoms with van der Waals surface area (Å²) in [5.74, 6) is 0.149. The number of hydrogen-bond donors (Lipinski definition) is 1. The maximum absolute atomic E-state index is 12.9. The van der Waals surface area contributed by atoms with Crippen LogP contribution >= 0.6 is 11.8 Å². The molecule has 7 heteroatoms. The number of aryl methyl sites for hydroxylation is 1. The van der Waals surface area contributed by atoms with E-state index in [1.54, 1.807) is 0 Å². The second-order valence-corrected chi connectivity index (χ2v) is 8.63. The van der Waals surface area contributed by atoms with Gasteiger partial charge in [-0.25, -0.2) is 9.67 Å². The van der Waals surface area contributed by atoms with E-state index in [2.05, 4.69) is 15.0 Å². The molecule has 6 nitrogen and oxygen atoms in total. The Morgan fingerprint density at radius 3 is 2.24 bits per heavy atom. The van der Waals surface area contributed by atoms with Crippen molar-refractivity contribution in [2.75, 3.05) is 11.1 Å². The fraction of sp³-hybridized carbons (Fsp3) is 0.115. The number of nitrogens with zero attached hydrogens (tertiary/aromatic N) is 4. The van der Waals surface area contributed by atoms with Crippen LogP contribution in [-0.4, -0.2) is 31.0 Å². The molecule has 0 bridgehead atoms. The molecule has 0 aliphatic carbocycles. The van der Waals surface area contributed by atoms with Crippen molar-refractivity contribution in [3.63, 3.8) is 0 Å². The molecule has 0 atom stereocenters. The molecule has 0 saturated heterocycles. The van der Waals surface area contributed by atoms with E-state index >= 15 is 0 Å². The van der Waals surface area contributed by atoms with Crippen LogP contribution in [0.15, 0.2) is 90.1 Å². The summed E-state index contributed by atoms with van der Waals surface area (Å²) in [4.78, 5) is 17.7. The molecule has 1 N–H and O–H groups in total. The Bertz CT molecular complexity index is 1420. The number of nitrogens with one attached hydrogen (secondary N) is 1. The topological polar surface area (TPSA) is 64.7 Å². The lowest BCUT2D eigenvalue weighted by Crippen LogP contribution is -2.15. The minimum absolute atomic E-state index is 0.0921. The Morgan fingerprint density at radius 1 is 0.879 bits per heavy atom. The van der Waals surface area contributed by atoms with E-state index in [9.17, 15) is 4.79 Å². The molecule has 0 saturated carbocycles. The summed E-state index contributed by atoms with van der Waals surface area (Å²) in [5.41, 5.74) is 6.33. The largest absolute Gasteiger partial charge is 0.322 e. The molecule has 3 aromatic carbocycles. The number of carbonyl (C=O) groups excluding carboxylic acids is 1. The van der Waals surface area contributed by atoms with Gasteiger partial charge in [-0.05, 0) is 50.2 Å². The number of anilines is 1. The van der Waals surface area contributed by atoms with Gasteiger partial charge in [0.25, 0.3) is 0 Å². The molecule has 5 aromatic rings. The predicted molar refractivity (Wildman–Crippen MR) is 133 cm³/mol. The first-order valence-corrected chi connectivity index (χ1v) is 11.7. The Kier molecular flexibility index (Phi) is 5.71. The van der Waals surface area contributed by atoms with Gasteiger partial charge in [-0.1, -0.05) is 60.3 Å². The van der Waals surface area contributed by atoms with Crippen molar-refractivity contribution in [1.82, 2.24) is 19.3 Å². The summed E-state index contributed by atoms with van der Waals surface area (Å²) in [6.45, 7) is 3.87. The van der Waals surface area contributed by atoms with Crippen molar-refractivity contribution in [3.05, 3.63) is 96.3 Å². The zero-order valence-corrected chi connectivity index (χ0v) is 19.2. The van der Waals surface area contributed by atoms with Crippen molar-refractivity contribution in [2.45, 2.75) is 19.0 Å². The van der Waals surface area contributed by atoms with Gasteiger partial charge in [0.2, 0.25) is 5.91 Å². The number of para-hydroxylation sites is 4. The molecule has 2 aromatic heterocycles. The number of fused-ring (bicyclic) bond motifs is 1. The molecule has 33 heavy (non-hydrogen) atoms. The Morgan fingerprint density at radius 2 is 1.52 bits per heavy atom. The normalized spacial score (nSPS) is 11.1. The highest BCUT2D eigenvalue weighted by Crippen LogP contribution is 2.28. The number of amides is 1. The highest BCUT2D eigenvalue weighted by atomic mass is 32.2. The first-order chi connectivity index (χ1) is 16.1. The van der Waals surface area contributed by atoms with Gasteiger partial charge in [0, 0.05) is 5.69 Å². The molecule has 2 heterocycles. The van der Waals surface area contributed by atoms with E-state index in [4.69, 9.17) is 4.98 Å². The number of carbonyl (C=O) groups is 1. The third-order valence-corrected chi connectivity index (χ3v) is 6.37. The van der Waals surface area contributed by atoms with E-state index in [0.29, 0.717) is 0 Å². The number of thioether (sulfide) groups is 1. The van der Waals surface area contributed by atoms with Gasteiger partial charge in [0.05, 0.1) is 39.5 Å². The van der Waals surface area contributed by atoms with Crippen molar-refractivity contribution >= 4 is 34.4 Å². The van der Waals surface area contributed by atoms with Gasteiger partial charge < -0.3 is 5.32 Å². The lowest BCUT2D eigenvalue weighted by atomic mass is 10.3. The fourth-order valence-electron chi connectivity index (χ4n) is 3.88. The van der Waals surface area contributed by atoms with Gasteiger partial charge in [0.1, 0.15) is 0 Å². The molecule has 164 valence electrons. The maximum Gasteiger partial charge on any atom is 0.234 e. The minimum atomic E-state index is -0.0921. The number of aromatic nitrogens is 4. The number of rotatable bonds is 6. The zero-order chi connectivity index (χ0) is 22.8. The van der Waals surface area contributed by atoms with Gasteiger partial charge in [-0.15, -0.1) is 0 Å². The molecule has 1 amide bonds. The van der Waals surface area contributed by atoms with E-state index in [0.717, 1.165) is 44.6 Å².